The number of hydrogen-bond acceptors (Lipinski definition) is 8. The van der Waals surface area contributed by atoms with Crippen molar-refractivity contribution in [2.45, 2.75) is 26.7 Å². The summed E-state index contributed by atoms with van der Waals surface area (Å²) in [6, 6.07) is 9.14. The van der Waals surface area contributed by atoms with E-state index in [4.69, 9.17) is 0 Å². The van der Waals surface area contributed by atoms with Crippen LogP contribution in [0.2, 0.25) is 0 Å². The van der Waals surface area contributed by atoms with Gasteiger partial charge in [0.05, 0.1) is 35.0 Å². The predicted molar refractivity (Wildman–Crippen MR) is 122 cm³/mol. The van der Waals surface area contributed by atoms with E-state index in [0.29, 0.717) is 28.6 Å². The zero-order chi connectivity index (χ0) is 22.5. The Morgan fingerprint density at radius 3 is 2.56 bits per heavy atom. The lowest BCUT2D eigenvalue weighted by Gasteiger charge is -2.14. The molecule has 9 nitrogen and oxygen atoms in total. The first-order chi connectivity index (χ1) is 15.5. The van der Waals surface area contributed by atoms with Gasteiger partial charge in [0.15, 0.2) is 0 Å². The van der Waals surface area contributed by atoms with Gasteiger partial charge in [-0.25, -0.2) is 19.9 Å². The van der Waals surface area contributed by atoms with Crippen LogP contribution in [0.4, 0.5) is 23.3 Å². The molecular formula is C23H24N8O. The Morgan fingerprint density at radius 2 is 1.88 bits per heavy atom. The third kappa shape index (κ3) is 4.81. The van der Waals surface area contributed by atoms with Gasteiger partial charge in [0, 0.05) is 30.8 Å². The second kappa shape index (κ2) is 9.39. The molecule has 1 saturated heterocycles. The Morgan fingerprint density at radius 1 is 1.12 bits per heavy atom. The molecule has 0 spiro atoms. The zero-order valence-corrected chi connectivity index (χ0v) is 18.0. The van der Waals surface area contributed by atoms with Gasteiger partial charge in [-0.1, -0.05) is 19.9 Å². The first-order valence-electron chi connectivity index (χ1n) is 10.6. The van der Waals surface area contributed by atoms with Gasteiger partial charge in [0.25, 0.3) is 0 Å². The molecule has 3 aromatic rings. The highest BCUT2D eigenvalue weighted by Gasteiger charge is 2.15. The molecule has 0 radical (unpaired) electrons. The monoisotopic (exact) mass is 428 g/mol. The van der Waals surface area contributed by atoms with E-state index in [0.717, 1.165) is 24.6 Å². The average molecular weight is 429 g/mol. The Bertz CT molecular complexity index is 1150. The maximum Gasteiger partial charge on any atom is 0.227 e. The van der Waals surface area contributed by atoms with Crippen molar-refractivity contribution < 1.29 is 4.79 Å². The topological polar surface area (TPSA) is 120 Å². The fourth-order valence-electron chi connectivity index (χ4n) is 3.36. The molecule has 2 N–H and O–H groups in total. The number of amides is 1. The quantitative estimate of drug-likeness (QED) is 0.609. The van der Waals surface area contributed by atoms with E-state index in [1.54, 1.807) is 50.6 Å². The van der Waals surface area contributed by atoms with Crippen molar-refractivity contribution in [1.82, 2.24) is 19.9 Å². The van der Waals surface area contributed by atoms with E-state index in [2.05, 4.69) is 41.5 Å². The van der Waals surface area contributed by atoms with Gasteiger partial charge >= 0.3 is 0 Å². The van der Waals surface area contributed by atoms with E-state index >= 15 is 0 Å². The molecule has 1 aliphatic heterocycles. The normalized spacial score (nSPS) is 13.1. The molecule has 0 atom stereocenters. The van der Waals surface area contributed by atoms with Crippen LogP contribution in [0.1, 0.15) is 32.3 Å². The number of aromatic nitrogens is 4. The molecule has 2 aromatic heterocycles. The Labute approximate surface area is 186 Å². The van der Waals surface area contributed by atoms with E-state index in [-0.39, 0.29) is 11.8 Å². The van der Waals surface area contributed by atoms with Gasteiger partial charge in [-0.05, 0) is 31.0 Å². The fraction of sp³-hybridized carbons (Fsp3) is 0.304. The fourth-order valence-corrected chi connectivity index (χ4v) is 3.36. The van der Waals surface area contributed by atoms with Crippen molar-refractivity contribution in [2.75, 3.05) is 28.6 Å². The molecule has 1 aromatic carbocycles. The van der Waals surface area contributed by atoms with Crippen molar-refractivity contribution >= 4 is 29.2 Å². The minimum atomic E-state index is -0.176. The minimum absolute atomic E-state index is 0.138. The Balaban J connectivity index is 1.51. The number of carbonyl (C=O) groups excluding carboxylic acids is 1. The van der Waals surface area contributed by atoms with E-state index in [9.17, 15) is 10.1 Å². The number of carbonyl (C=O) groups is 1. The molecule has 1 amide bonds. The predicted octanol–water partition coefficient (Wildman–Crippen LogP) is 3.74. The van der Waals surface area contributed by atoms with Crippen molar-refractivity contribution in [3.63, 3.8) is 0 Å². The molecule has 9 heteroatoms. The van der Waals surface area contributed by atoms with Crippen LogP contribution >= 0.6 is 0 Å². The molecular weight excluding hydrogens is 404 g/mol. The van der Waals surface area contributed by atoms with Gasteiger partial charge in [-0.15, -0.1) is 0 Å². The Kier molecular flexibility index (Phi) is 6.22. The van der Waals surface area contributed by atoms with Crippen LogP contribution in [0.5, 0.6) is 0 Å². The molecule has 0 bridgehead atoms. The lowest BCUT2D eigenvalue weighted by atomic mass is 10.1. The minimum Gasteiger partial charge on any atom is -0.341 e. The highest BCUT2D eigenvalue weighted by Crippen LogP contribution is 2.25. The third-order valence-corrected chi connectivity index (χ3v) is 5.16. The summed E-state index contributed by atoms with van der Waals surface area (Å²) >= 11 is 0. The van der Waals surface area contributed by atoms with Crippen LogP contribution in [-0.4, -0.2) is 38.9 Å². The molecule has 32 heavy (non-hydrogen) atoms. The standard InChI is InChI=1S/C23H24N8O/c1-15(2)21(32)29-19-6-5-16(11-17(19)12-24)20-7-8-25-22(30-20)28-18-13-26-23(27-14-18)31-9-3-4-10-31/h5-8,11,13-15H,3-4,9-10H2,1-2H3,(H,29,32)(H,25,28,30). The second-order valence-electron chi connectivity index (χ2n) is 7.87. The van der Waals surface area contributed by atoms with Gasteiger partial charge < -0.3 is 15.5 Å². The van der Waals surface area contributed by atoms with Crippen LogP contribution in [0.15, 0.2) is 42.9 Å². The summed E-state index contributed by atoms with van der Waals surface area (Å²) in [7, 11) is 0. The summed E-state index contributed by atoms with van der Waals surface area (Å²) in [5.74, 6) is 0.818. The molecule has 3 heterocycles. The molecule has 0 unspecified atom stereocenters. The number of hydrogen-bond donors (Lipinski definition) is 2. The van der Waals surface area contributed by atoms with Gasteiger partial charge in [-0.2, -0.15) is 5.26 Å². The smallest absolute Gasteiger partial charge is 0.227 e. The van der Waals surface area contributed by atoms with Gasteiger partial charge in [-0.3, -0.25) is 4.79 Å². The molecule has 0 saturated carbocycles. The van der Waals surface area contributed by atoms with Crippen LogP contribution in [0.3, 0.4) is 0 Å². The molecule has 1 fully saturated rings. The SMILES string of the molecule is CC(C)C(=O)Nc1ccc(-c2ccnc(Nc3cnc(N4CCCC4)nc3)n2)cc1C#N. The van der Waals surface area contributed by atoms with Crippen LogP contribution < -0.4 is 15.5 Å². The van der Waals surface area contributed by atoms with Crippen molar-refractivity contribution in [2.24, 2.45) is 5.92 Å². The summed E-state index contributed by atoms with van der Waals surface area (Å²) < 4.78 is 0. The van der Waals surface area contributed by atoms with Crippen molar-refractivity contribution in [3.05, 3.63) is 48.4 Å². The van der Waals surface area contributed by atoms with Crippen LogP contribution in [0.25, 0.3) is 11.3 Å². The summed E-state index contributed by atoms with van der Waals surface area (Å²) in [6.07, 6.45) is 7.42. The summed E-state index contributed by atoms with van der Waals surface area (Å²) in [4.78, 5) is 31.8. The summed E-state index contributed by atoms with van der Waals surface area (Å²) in [5.41, 5.74) is 2.94. The first kappa shape index (κ1) is 21.2. The number of rotatable bonds is 6. The molecule has 1 aliphatic rings. The zero-order valence-electron chi connectivity index (χ0n) is 18.0. The third-order valence-electron chi connectivity index (χ3n) is 5.16. The number of benzene rings is 1. The maximum absolute atomic E-state index is 12.0. The number of anilines is 4. The number of nitrogens with one attached hydrogen (secondary N) is 2. The van der Waals surface area contributed by atoms with Gasteiger partial charge in [0.2, 0.25) is 17.8 Å². The highest BCUT2D eigenvalue weighted by atomic mass is 16.1. The van der Waals surface area contributed by atoms with Crippen LogP contribution in [0, 0.1) is 17.2 Å². The second-order valence-corrected chi connectivity index (χ2v) is 7.87. The number of nitrogens with zero attached hydrogens (tertiary/aromatic N) is 6. The molecule has 162 valence electrons. The number of nitriles is 1. The summed E-state index contributed by atoms with van der Waals surface area (Å²) in [5, 5.41) is 15.4. The Hall–Kier alpha value is -4.06. The van der Waals surface area contributed by atoms with E-state index in [1.165, 1.54) is 12.8 Å². The average Bonchev–Trinajstić information content (AvgIpc) is 3.35. The summed E-state index contributed by atoms with van der Waals surface area (Å²) in [6.45, 7) is 5.58. The largest absolute Gasteiger partial charge is 0.341 e. The highest BCUT2D eigenvalue weighted by molar-refractivity contribution is 5.93. The molecule has 4 rings (SSSR count). The maximum atomic E-state index is 12.0. The van der Waals surface area contributed by atoms with E-state index in [1.807, 2.05) is 6.07 Å². The van der Waals surface area contributed by atoms with Crippen molar-refractivity contribution in [3.8, 4) is 17.3 Å². The van der Waals surface area contributed by atoms with Crippen LogP contribution in [-0.2, 0) is 4.79 Å². The lowest BCUT2D eigenvalue weighted by Crippen LogP contribution is -2.20. The van der Waals surface area contributed by atoms with Crippen molar-refractivity contribution in [1.29, 1.82) is 5.26 Å². The lowest BCUT2D eigenvalue weighted by molar-refractivity contribution is -0.118. The first-order valence-corrected chi connectivity index (χ1v) is 10.6. The van der Waals surface area contributed by atoms with Gasteiger partial charge in [0.1, 0.15) is 6.07 Å². The van der Waals surface area contributed by atoms with E-state index < -0.39 is 0 Å². The molecule has 0 aliphatic carbocycles.